The van der Waals surface area contributed by atoms with E-state index >= 15 is 0 Å². The van der Waals surface area contributed by atoms with Gasteiger partial charge in [0.25, 0.3) is 0 Å². The molecule has 2 aliphatic heterocycles. The second-order valence-corrected chi connectivity index (χ2v) is 8.86. The Morgan fingerprint density at radius 1 is 1.52 bits per heavy atom. The first-order valence-corrected chi connectivity index (χ1v) is 10.3. The predicted molar refractivity (Wildman–Crippen MR) is 91.0 cm³/mol. The number of aromatic nitrogens is 4. The number of fused-ring (bicyclic) bond motifs is 3. The third-order valence-corrected chi connectivity index (χ3v) is 6.37. The maximum Gasteiger partial charge on any atom is 0.324 e. The third kappa shape index (κ3) is 2.58. The summed E-state index contributed by atoms with van der Waals surface area (Å²) in [6.45, 7) is -1.06. The van der Waals surface area contributed by atoms with E-state index in [1.165, 1.54) is 13.4 Å². The van der Waals surface area contributed by atoms with Gasteiger partial charge in [0.1, 0.15) is 29.7 Å². The maximum atomic E-state index is 10.1. The number of imidazole rings is 1. The molecule has 2 aliphatic rings. The smallest absolute Gasteiger partial charge is 0.324 e. The van der Waals surface area contributed by atoms with Crippen molar-refractivity contribution in [2.45, 2.75) is 37.4 Å². The van der Waals surface area contributed by atoms with Crippen LogP contribution in [0.5, 0.6) is 0 Å². The number of anilines is 1. The maximum absolute atomic E-state index is 10.1. The molecule has 5 atom stereocenters. The van der Waals surface area contributed by atoms with E-state index in [2.05, 4.69) is 15.0 Å². The quantitative estimate of drug-likeness (QED) is 0.709. The van der Waals surface area contributed by atoms with E-state index in [0.717, 1.165) is 0 Å². The second kappa shape index (κ2) is 5.92. The minimum atomic E-state index is -3.37. The average molecular weight is 387 g/mol. The predicted octanol–water partition coefficient (Wildman–Crippen LogP) is 0.733. The summed E-state index contributed by atoms with van der Waals surface area (Å²) in [5.41, 5.74) is 6.14. The third-order valence-electron chi connectivity index (χ3n) is 4.71. The molecular formula is C13H18N5O5PS. The van der Waals surface area contributed by atoms with Crippen LogP contribution in [0.2, 0.25) is 0 Å². The normalized spacial score (nSPS) is 33.8. The standard InChI is InChI=1S/C13H18N5O5PS/c1-3-13-4-21-8(9(13)23-24(19,25)20-2)12(22-13)18-6-17-7-10(14)15-5-16-11(7)18/h5-6,8-9,12H,3-4H2,1-2H3,(H,19,25)(H2,14,15,16)/t8?,9?,12-,13?,24?/m1/s1. The van der Waals surface area contributed by atoms with Crippen molar-refractivity contribution in [1.29, 1.82) is 0 Å². The molecule has 12 heteroatoms. The van der Waals surface area contributed by atoms with Crippen molar-refractivity contribution in [2.75, 3.05) is 19.5 Å². The number of hydrogen-bond donors (Lipinski definition) is 2. The number of hydrogen-bond acceptors (Lipinski definition) is 9. The summed E-state index contributed by atoms with van der Waals surface area (Å²) in [4.78, 5) is 22.5. The van der Waals surface area contributed by atoms with E-state index in [0.29, 0.717) is 24.2 Å². The number of ether oxygens (including phenoxy) is 2. The molecule has 2 aromatic heterocycles. The molecule has 2 bridgehead atoms. The topological polar surface area (TPSA) is 127 Å². The molecule has 0 amide bonds. The molecule has 136 valence electrons. The molecule has 0 spiro atoms. The molecule has 0 aromatic carbocycles. The van der Waals surface area contributed by atoms with Crippen LogP contribution in [0.15, 0.2) is 12.7 Å². The molecule has 2 fully saturated rings. The minimum Gasteiger partial charge on any atom is -0.382 e. The lowest BCUT2D eigenvalue weighted by Crippen LogP contribution is -2.40. The van der Waals surface area contributed by atoms with Gasteiger partial charge in [-0.1, -0.05) is 6.92 Å². The highest BCUT2D eigenvalue weighted by Gasteiger charge is 2.63. The monoisotopic (exact) mass is 387 g/mol. The van der Waals surface area contributed by atoms with Crippen LogP contribution in [0, 0.1) is 0 Å². The van der Waals surface area contributed by atoms with Crippen molar-refractivity contribution in [3.05, 3.63) is 12.7 Å². The van der Waals surface area contributed by atoms with E-state index in [4.69, 9.17) is 36.1 Å². The highest BCUT2D eigenvalue weighted by Crippen LogP contribution is 2.55. The van der Waals surface area contributed by atoms with Gasteiger partial charge >= 0.3 is 6.72 Å². The molecule has 2 saturated heterocycles. The van der Waals surface area contributed by atoms with Crippen LogP contribution < -0.4 is 5.73 Å². The Hall–Kier alpha value is -1.20. The molecule has 0 aliphatic carbocycles. The Morgan fingerprint density at radius 3 is 3.04 bits per heavy atom. The molecule has 2 aromatic rings. The van der Waals surface area contributed by atoms with Crippen LogP contribution in [0.3, 0.4) is 0 Å². The van der Waals surface area contributed by atoms with Crippen molar-refractivity contribution < 1.29 is 23.4 Å². The Bertz CT molecular complexity index is 864. The van der Waals surface area contributed by atoms with E-state index in [1.54, 1.807) is 10.9 Å². The zero-order valence-corrected chi connectivity index (χ0v) is 15.3. The van der Waals surface area contributed by atoms with Crippen LogP contribution in [-0.2, 0) is 30.3 Å². The molecule has 0 saturated carbocycles. The second-order valence-electron chi connectivity index (χ2n) is 5.96. The van der Waals surface area contributed by atoms with Gasteiger partial charge in [-0.15, -0.1) is 0 Å². The van der Waals surface area contributed by atoms with Gasteiger partial charge in [0.15, 0.2) is 17.7 Å². The number of nitrogen functional groups attached to an aromatic ring is 1. The Balaban J connectivity index is 1.73. The molecule has 4 unspecified atom stereocenters. The fourth-order valence-electron chi connectivity index (χ4n) is 3.35. The SMILES string of the molecule is CCC12COC(C1OP(O)(=S)OC)[C@H](n1cnc3c(N)ncnc31)O2. The van der Waals surface area contributed by atoms with Gasteiger partial charge in [-0.2, -0.15) is 0 Å². The summed E-state index contributed by atoms with van der Waals surface area (Å²) in [5.74, 6) is 0.288. The lowest BCUT2D eigenvalue weighted by atomic mass is 9.96. The zero-order valence-electron chi connectivity index (χ0n) is 13.6. The van der Waals surface area contributed by atoms with Gasteiger partial charge < -0.3 is 24.6 Å². The highest BCUT2D eigenvalue weighted by atomic mass is 32.5. The van der Waals surface area contributed by atoms with Crippen LogP contribution in [0.25, 0.3) is 11.2 Å². The molecule has 25 heavy (non-hydrogen) atoms. The van der Waals surface area contributed by atoms with Crippen molar-refractivity contribution in [3.63, 3.8) is 0 Å². The lowest BCUT2D eigenvalue weighted by Gasteiger charge is -2.31. The van der Waals surface area contributed by atoms with Crippen molar-refractivity contribution in [3.8, 4) is 0 Å². The Labute approximate surface area is 148 Å². The molecular weight excluding hydrogens is 369 g/mol. The average Bonchev–Trinajstić information content (AvgIpc) is 3.26. The largest absolute Gasteiger partial charge is 0.382 e. The first-order valence-electron chi connectivity index (χ1n) is 7.70. The molecule has 3 N–H and O–H groups in total. The van der Waals surface area contributed by atoms with Gasteiger partial charge in [0.2, 0.25) is 0 Å². The van der Waals surface area contributed by atoms with Gasteiger partial charge in [0, 0.05) is 7.11 Å². The van der Waals surface area contributed by atoms with Crippen molar-refractivity contribution >= 4 is 35.5 Å². The first kappa shape index (κ1) is 17.2. The molecule has 4 rings (SSSR count). The molecule has 0 radical (unpaired) electrons. The van der Waals surface area contributed by atoms with Crippen LogP contribution in [0.4, 0.5) is 5.82 Å². The summed E-state index contributed by atoms with van der Waals surface area (Å²) in [6, 6.07) is 0. The minimum absolute atomic E-state index is 0.288. The Kier molecular flexibility index (Phi) is 4.08. The summed E-state index contributed by atoms with van der Waals surface area (Å²) in [7, 11) is 1.32. The van der Waals surface area contributed by atoms with E-state index < -0.39 is 30.8 Å². The van der Waals surface area contributed by atoms with E-state index in [-0.39, 0.29) is 5.82 Å². The summed E-state index contributed by atoms with van der Waals surface area (Å²) >= 11 is 5.00. The first-order chi connectivity index (χ1) is 11.9. The lowest BCUT2D eigenvalue weighted by molar-refractivity contribution is -0.173. The zero-order chi connectivity index (χ0) is 17.8. The van der Waals surface area contributed by atoms with Gasteiger partial charge in [-0.3, -0.25) is 9.09 Å². The Morgan fingerprint density at radius 2 is 2.32 bits per heavy atom. The fraction of sp³-hybridized carbons (Fsp3) is 0.615. The van der Waals surface area contributed by atoms with Crippen molar-refractivity contribution in [2.24, 2.45) is 0 Å². The summed E-state index contributed by atoms with van der Waals surface area (Å²) < 4.78 is 24.5. The van der Waals surface area contributed by atoms with Crippen LogP contribution in [-0.4, -0.2) is 55.9 Å². The summed E-state index contributed by atoms with van der Waals surface area (Å²) in [6.07, 6.45) is 1.98. The van der Waals surface area contributed by atoms with E-state index in [1.807, 2.05) is 6.92 Å². The van der Waals surface area contributed by atoms with Crippen LogP contribution >= 0.6 is 6.72 Å². The van der Waals surface area contributed by atoms with Crippen molar-refractivity contribution in [1.82, 2.24) is 19.5 Å². The number of nitrogens with zero attached hydrogens (tertiary/aromatic N) is 4. The number of nitrogens with two attached hydrogens (primary N) is 1. The highest BCUT2D eigenvalue weighted by molar-refractivity contribution is 8.07. The van der Waals surface area contributed by atoms with E-state index in [9.17, 15) is 4.89 Å². The van der Waals surface area contributed by atoms with Crippen LogP contribution in [0.1, 0.15) is 19.6 Å². The fourth-order valence-corrected chi connectivity index (χ4v) is 4.31. The number of rotatable bonds is 5. The van der Waals surface area contributed by atoms with Gasteiger partial charge in [-0.25, -0.2) is 15.0 Å². The summed E-state index contributed by atoms with van der Waals surface area (Å²) in [5, 5.41) is 0. The molecule has 4 heterocycles. The van der Waals surface area contributed by atoms with Gasteiger partial charge in [-0.05, 0) is 18.2 Å². The van der Waals surface area contributed by atoms with Gasteiger partial charge in [0.05, 0.1) is 12.9 Å². The molecule has 10 nitrogen and oxygen atoms in total.